The summed E-state index contributed by atoms with van der Waals surface area (Å²) < 4.78 is 0. The molecule has 4 rings (SSSR count). The van der Waals surface area contributed by atoms with Crippen molar-refractivity contribution < 1.29 is 9.92 Å². The Labute approximate surface area is 114 Å². The van der Waals surface area contributed by atoms with E-state index in [2.05, 4.69) is 66.6 Å². The first-order valence-corrected chi connectivity index (χ1v) is 5.23. The van der Waals surface area contributed by atoms with Crippen LogP contribution in [0.3, 0.4) is 0 Å². The number of tetrazole rings is 1. The second-order valence-corrected chi connectivity index (χ2v) is 3.26. The van der Waals surface area contributed by atoms with Crippen molar-refractivity contribution in [1.29, 1.82) is 0 Å². The molecule has 2 aromatic heterocycles. The summed E-state index contributed by atoms with van der Waals surface area (Å²) in [7, 11) is 0. The monoisotopic (exact) mass is 291 g/mol. The van der Waals surface area contributed by atoms with Crippen molar-refractivity contribution in [3.63, 3.8) is 0 Å². The third-order valence-corrected chi connectivity index (χ3v) is 2.06. The first kappa shape index (κ1) is 12.4. The van der Waals surface area contributed by atoms with Crippen LogP contribution in [0.15, 0.2) is 50.0 Å². The van der Waals surface area contributed by atoms with Gasteiger partial charge in [0.1, 0.15) is 5.70 Å². The minimum absolute atomic E-state index is 0.0314. The lowest BCUT2D eigenvalue weighted by molar-refractivity contribution is -0.377. The Bertz CT molecular complexity index is 666. The highest BCUT2D eigenvalue weighted by molar-refractivity contribution is 6.10. The normalized spacial score (nSPS) is 15.9. The molecule has 0 unspecified atom stereocenters. The summed E-state index contributed by atoms with van der Waals surface area (Å²) in [6.07, 6.45) is 3.21. The average molecular weight is 291 g/mol. The fourth-order valence-corrected chi connectivity index (χ4v) is 1.27. The Morgan fingerprint density at radius 2 is 2.14 bits per heavy atom. The van der Waals surface area contributed by atoms with Crippen LogP contribution in [0.1, 0.15) is 5.82 Å². The van der Waals surface area contributed by atoms with Gasteiger partial charge in [-0.25, -0.2) is 5.23 Å². The Morgan fingerprint density at radius 1 is 1.29 bits per heavy atom. The first-order chi connectivity index (χ1) is 10.4. The molecule has 15 heteroatoms. The lowest BCUT2D eigenvalue weighted by Gasteiger charge is -2.19. The molecule has 2 aromatic rings. The van der Waals surface area contributed by atoms with Gasteiger partial charge in [0.2, 0.25) is 18.0 Å². The van der Waals surface area contributed by atoms with Crippen LogP contribution in [0.2, 0.25) is 0 Å². The van der Waals surface area contributed by atoms with E-state index in [1.807, 2.05) is 0 Å². The van der Waals surface area contributed by atoms with Crippen molar-refractivity contribution in [3.8, 4) is 0 Å². The molecule has 2 aliphatic rings. The minimum atomic E-state index is -0.0774. The van der Waals surface area contributed by atoms with Gasteiger partial charge in [-0.1, -0.05) is 0 Å². The van der Waals surface area contributed by atoms with Gasteiger partial charge in [-0.3, -0.25) is 9.92 Å². The highest BCUT2D eigenvalue weighted by Gasteiger charge is 2.29. The molecule has 0 amide bonds. The van der Waals surface area contributed by atoms with Crippen LogP contribution in [-0.2, 0) is 4.94 Å². The highest BCUT2D eigenvalue weighted by Crippen LogP contribution is 2.25. The number of hydrogen-bond donors (Lipinski definition) is 2. The van der Waals surface area contributed by atoms with Gasteiger partial charge < -0.3 is 5.21 Å². The average Bonchev–Trinajstić information content (AvgIpc) is 3.28. The number of H-pyrrole nitrogens is 3. The van der Waals surface area contributed by atoms with Crippen molar-refractivity contribution in [2.45, 2.75) is 0 Å². The minimum Gasteiger partial charge on any atom is -0.722 e. The van der Waals surface area contributed by atoms with Gasteiger partial charge in [0, 0.05) is 5.10 Å². The number of nitrogens with zero attached hydrogens (tertiary/aromatic N) is 10. The van der Waals surface area contributed by atoms with E-state index in [4.69, 9.17) is 0 Å². The highest BCUT2D eigenvalue weighted by atomic mass is 17.0. The summed E-state index contributed by atoms with van der Waals surface area (Å²) in [6.45, 7) is 0. The van der Waals surface area contributed by atoms with Crippen LogP contribution in [0.4, 0.5) is 0 Å². The third kappa shape index (κ3) is 2.56. The standard InChI is InChI=1S/C4HN10O2.C2H3N3/c15-14-2(4-7-12-13-8-4)1(9-16-14)3-5-10-11-6-3;1-3-2-5-4-1/h(H,5,6,10,11);1-2H,(H,3,4,5)/q-1;/p+1. The Morgan fingerprint density at radius 3 is 2.71 bits per heavy atom. The predicted molar refractivity (Wildman–Crippen MR) is 58.9 cm³/mol. The molecule has 15 nitrogen and oxygen atoms in total. The van der Waals surface area contributed by atoms with Crippen LogP contribution >= 0.6 is 0 Å². The van der Waals surface area contributed by atoms with Crippen LogP contribution in [0.25, 0.3) is 0 Å². The second-order valence-electron chi connectivity index (χ2n) is 3.26. The molecule has 4 heterocycles. The van der Waals surface area contributed by atoms with E-state index >= 15 is 0 Å². The summed E-state index contributed by atoms with van der Waals surface area (Å²) >= 11 is 0. The number of aromatic amines is 3. The zero-order valence-electron chi connectivity index (χ0n) is 9.94. The van der Waals surface area contributed by atoms with Gasteiger partial charge in [0.05, 0.1) is 0 Å². The number of hydroxylamine groups is 2. The third-order valence-electron chi connectivity index (χ3n) is 2.06. The molecular formula is C6H5N13O2. The maximum absolute atomic E-state index is 11.3. The molecule has 0 saturated carbocycles. The summed E-state index contributed by atoms with van der Waals surface area (Å²) in [5.41, 5.74) is -0.0232. The molecule has 0 atom stereocenters. The summed E-state index contributed by atoms with van der Waals surface area (Å²) in [5, 5.41) is 47.3. The molecular weight excluding hydrogens is 286 g/mol. The van der Waals surface area contributed by atoms with E-state index in [1.165, 1.54) is 0 Å². The van der Waals surface area contributed by atoms with Gasteiger partial charge in [-0.15, -0.1) is 25.5 Å². The molecule has 0 aromatic carbocycles. The molecule has 0 fully saturated rings. The topological polar surface area (TPSA) is 195 Å². The van der Waals surface area contributed by atoms with Gasteiger partial charge in [-0.05, 0) is 20.8 Å². The van der Waals surface area contributed by atoms with Gasteiger partial charge >= 0.3 is 0 Å². The van der Waals surface area contributed by atoms with Crippen molar-refractivity contribution in [2.75, 3.05) is 0 Å². The summed E-state index contributed by atoms with van der Waals surface area (Å²) in [4.78, 5) is 7.09. The van der Waals surface area contributed by atoms with Gasteiger partial charge in [-0.2, -0.15) is 5.21 Å². The zero-order valence-corrected chi connectivity index (χ0v) is 9.94. The maximum atomic E-state index is 11.3. The molecule has 0 radical (unpaired) electrons. The Balaban J connectivity index is 0.000000225. The Hall–Kier alpha value is -3.62. The van der Waals surface area contributed by atoms with E-state index in [9.17, 15) is 5.21 Å². The molecule has 0 saturated heterocycles. The van der Waals surface area contributed by atoms with E-state index in [0.717, 1.165) is 0 Å². The number of hydrogen-bond acceptors (Lipinski definition) is 12. The quantitative estimate of drug-likeness (QED) is 0.662. The fourth-order valence-electron chi connectivity index (χ4n) is 1.27. The van der Waals surface area contributed by atoms with Crippen molar-refractivity contribution in [3.05, 3.63) is 35.2 Å². The van der Waals surface area contributed by atoms with Gasteiger partial charge in [0.25, 0.3) is 6.33 Å². The molecule has 21 heavy (non-hydrogen) atoms. The van der Waals surface area contributed by atoms with Crippen LogP contribution in [0, 0.1) is 5.21 Å². The van der Waals surface area contributed by atoms with Gasteiger partial charge in [0.15, 0.2) is 5.71 Å². The maximum Gasteiger partial charge on any atom is 0.262 e. The van der Waals surface area contributed by atoms with Crippen molar-refractivity contribution >= 4 is 5.71 Å². The molecule has 0 bridgehead atoms. The van der Waals surface area contributed by atoms with Crippen LogP contribution < -0.4 is 4.98 Å². The fraction of sp³-hybridized carbons (Fsp3) is 0. The SMILES string of the molecule is [O-]N1ON=C(c2nn[nH]n2)C1=C1N=NN=N1.c1n[nH]c[nH+]1. The smallest absolute Gasteiger partial charge is 0.262 e. The van der Waals surface area contributed by atoms with Crippen molar-refractivity contribution in [2.24, 2.45) is 25.8 Å². The number of allylic oxidation sites excluding steroid dienone is 1. The molecule has 0 spiro atoms. The predicted octanol–water partition coefficient (Wildman–Crippen LogP) is -1.13. The summed E-state index contributed by atoms with van der Waals surface area (Å²) in [5.74, 6) is 0.0502. The molecule has 3 N–H and O–H groups in total. The van der Waals surface area contributed by atoms with E-state index in [0.29, 0.717) is 0 Å². The number of oxime groups is 1. The van der Waals surface area contributed by atoms with Crippen LogP contribution in [0.5, 0.6) is 0 Å². The van der Waals surface area contributed by atoms with E-state index in [-0.39, 0.29) is 28.3 Å². The zero-order chi connectivity index (χ0) is 14.5. The largest absolute Gasteiger partial charge is 0.722 e. The second kappa shape index (κ2) is 5.57. The lowest BCUT2D eigenvalue weighted by Crippen LogP contribution is -2.16. The lowest BCUT2D eigenvalue weighted by atomic mass is 10.2. The first-order valence-electron chi connectivity index (χ1n) is 5.23. The molecule has 106 valence electrons. The molecule has 2 aliphatic heterocycles. The molecule has 0 aliphatic carbocycles. The Kier molecular flexibility index (Phi) is 3.29. The van der Waals surface area contributed by atoms with Crippen molar-refractivity contribution in [1.82, 2.24) is 36.0 Å². The van der Waals surface area contributed by atoms with E-state index in [1.54, 1.807) is 12.7 Å². The number of aromatic nitrogens is 7. The van der Waals surface area contributed by atoms with E-state index < -0.39 is 0 Å². The van der Waals surface area contributed by atoms with Crippen LogP contribution in [-0.4, -0.2) is 41.8 Å². The number of rotatable bonds is 1. The number of nitrogens with one attached hydrogen (secondary N) is 3. The summed E-state index contributed by atoms with van der Waals surface area (Å²) in [6, 6.07) is 0.